The van der Waals surface area contributed by atoms with E-state index >= 15 is 0 Å². The van der Waals surface area contributed by atoms with Gasteiger partial charge in [-0.3, -0.25) is 24.0 Å². The van der Waals surface area contributed by atoms with E-state index in [1.807, 2.05) is 85.7 Å². The van der Waals surface area contributed by atoms with Gasteiger partial charge in [-0.05, 0) is 48.5 Å². The zero-order valence-electron chi connectivity index (χ0n) is 28.3. The Bertz CT molecular complexity index is 1140. The Morgan fingerprint density at radius 2 is 1.09 bits per heavy atom. The number of hydrogen-bond acceptors (Lipinski definition) is 5. The summed E-state index contributed by atoms with van der Waals surface area (Å²) < 4.78 is 0. The van der Waals surface area contributed by atoms with Crippen LogP contribution in [0.1, 0.15) is 80.2 Å². The fraction of sp³-hybridized carbons (Fsp3) is 0.676. The molecule has 0 saturated carbocycles. The van der Waals surface area contributed by atoms with Crippen LogP contribution in [-0.2, 0) is 30.4 Å². The topological polar surface area (TPSA) is 128 Å². The van der Waals surface area contributed by atoms with E-state index in [1.54, 1.807) is 14.1 Å². The molecule has 246 valence electrons. The third-order valence-electron chi connectivity index (χ3n) is 8.09. The average molecular weight is 614 g/mol. The number of hydrogen-bond donors (Lipinski definition) is 3. The number of nitrogens with zero attached hydrogens (tertiary/aromatic N) is 2. The highest BCUT2D eigenvalue weighted by molar-refractivity contribution is 5.98. The minimum atomic E-state index is -0.980. The van der Waals surface area contributed by atoms with Crippen molar-refractivity contribution in [1.29, 1.82) is 0 Å². The molecule has 3 N–H and O–H groups in total. The second kappa shape index (κ2) is 16.6. The molecule has 44 heavy (non-hydrogen) atoms. The maximum atomic E-state index is 14.2. The first-order chi connectivity index (χ1) is 20.5. The first-order valence-corrected chi connectivity index (χ1v) is 16.0. The molecule has 1 saturated heterocycles. The van der Waals surface area contributed by atoms with Crippen LogP contribution in [0, 0.1) is 23.7 Å². The summed E-state index contributed by atoms with van der Waals surface area (Å²) in [4.78, 5) is 72.5. The summed E-state index contributed by atoms with van der Waals surface area (Å²) >= 11 is 0. The molecule has 0 aliphatic carbocycles. The lowest BCUT2D eigenvalue weighted by Gasteiger charge is -2.37. The van der Waals surface area contributed by atoms with E-state index in [2.05, 4.69) is 16.0 Å². The van der Waals surface area contributed by atoms with E-state index < -0.39 is 53.8 Å². The molecule has 1 aliphatic rings. The van der Waals surface area contributed by atoms with Crippen molar-refractivity contribution in [3.8, 4) is 0 Å². The molecule has 0 bridgehead atoms. The Morgan fingerprint density at radius 3 is 1.61 bits per heavy atom. The van der Waals surface area contributed by atoms with Crippen molar-refractivity contribution < 1.29 is 24.0 Å². The van der Waals surface area contributed by atoms with Gasteiger partial charge in [0.15, 0.2) is 0 Å². The van der Waals surface area contributed by atoms with Gasteiger partial charge >= 0.3 is 0 Å². The standard InChI is InChI=1S/C34H55N5O5/c1-20(2)16-25-30(40)36-26(19-24-14-12-11-13-15-24)33(43)39(10)28(18-22(5)6)34(44)38(9)27(17-21(3)4)31(41)37-29(23(7)8)32(42)35-25/h11-15,20-23,25-29H,16-19H2,1-10H3,(H,35,42)(H,36,40)(H,37,41)/t25-,26-,27-,28-,29-/m0/s1. The van der Waals surface area contributed by atoms with Gasteiger partial charge in [0.25, 0.3) is 0 Å². The molecule has 1 heterocycles. The van der Waals surface area contributed by atoms with Crippen molar-refractivity contribution in [2.75, 3.05) is 14.1 Å². The Labute approximate surface area is 264 Å². The number of nitrogens with one attached hydrogen (secondary N) is 3. The zero-order valence-corrected chi connectivity index (χ0v) is 28.3. The molecule has 0 aromatic heterocycles. The van der Waals surface area contributed by atoms with E-state index in [1.165, 1.54) is 9.80 Å². The SMILES string of the molecule is CC(C)C[C@@H]1NC(=O)[C@H](C(C)C)NC(=O)[C@H](CC(C)C)N(C)C(=O)[C@H](CC(C)C)N(C)C(=O)[C@H](Cc2ccccc2)NC1=O. The summed E-state index contributed by atoms with van der Waals surface area (Å²) in [6, 6.07) is 4.83. The summed E-state index contributed by atoms with van der Waals surface area (Å²) in [6.45, 7) is 15.4. The minimum Gasteiger partial charge on any atom is -0.343 e. The lowest BCUT2D eigenvalue weighted by atomic mass is 9.96. The van der Waals surface area contributed by atoms with Crippen LogP contribution in [0.2, 0.25) is 0 Å². The minimum absolute atomic E-state index is 0.0586. The maximum Gasteiger partial charge on any atom is 0.245 e. The van der Waals surface area contributed by atoms with Crippen molar-refractivity contribution in [2.24, 2.45) is 23.7 Å². The van der Waals surface area contributed by atoms with Crippen LogP contribution in [0.25, 0.3) is 0 Å². The molecule has 10 nitrogen and oxygen atoms in total. The average Bonchev–Trinajstić information content (AvgIpc) is 2.94. The van der Waals surface area contributed by atoms with Gasteiger partial charge in [-0.25, -0.2) is 0 Å². The fourth-order valence-electron chi connectivity index (χ4n) is 5.62. The maximum absolute atomic E-state index is 14.2. The molecular formula is C34H55N5O5. The van der Waals surface area contributed by atoms with Crippen molar-refractivity contribution in [1.82, 2.24) is 25.8 Å². The summed E-state index contributed by atoms with van der Waals surface area (Å²) in [6.07, 6.45) is 1.30. The third-order valence-corrected chi connectivity index (χ3v) is 8.09. The smallest absolute Gasteiger partial charge is 0.245 e. The molecule has 2 rings (SSSR count). The second-order valence-electron chi connectivity index (χ2n) is 13.9. The third kappa shape index (κ3) is 10.3. The zero-order chi connectivity index (χ0) is 33.3. The first-order valence-electron chi connectivity index (χ1n) is 16.0. The number of carbonyl (C=O) groups is 5. The molecule has 0 spiro atoms. The normalized spacial score (nSPS) is 24.9. The molecule has 0 radical (unpaired) electrons. The molecule has 1 aromatic carbocycles. The van der Waals surface area contributed by atoms with Gasteiger partial charge in [0.1, 0.15) is 30.2 Å². The van der Waals surface area contributed by atoms with E-state index in [0.29, 0.717) is 19.3 Å². The highest BCUT2D eigenvalue weighted by Crippen LogP contribution is 2.20. The Morgan fingerprint density at radius 1 is 0.591 bits per heavy atom. The van der Waals surface area contributed by atoms with E-state index in [9.17, 15) is 24.0 Å². The number of benzene rings is 1. The fourth-order valence-corrected chi connectivity index (χ4v) is 5.62. The Hall–Kier alpha value is -3.43. The lowest BCUT2D eigenvalue weighted by molar-refractivity contribution is -0.149. The summed E-state index contributed by atoms with van der Waals surface area (Å²) in [5, 5.41) is 8.68. The summed E-state index contributed by atoms with van der Waals surface area (Å²) in [5.74, 6) is -2.28. The predicted molar refractivity (Wildman–Crippen MR) is 172 cm³/mol. The van der Waals surface area contributed by atoms with Crippen LogP contribution in [0.5, 0.6) is 0 Å². The molecule has 10 heteroatoms. The molecule has 1 aromatic rings. The van der Waals surface area contributed by atoms with Crippen molar-refractivity contribution in [2.45, 2.75) is 111 Å². The number of amides is 5. The Balaban J connectivity index is 2.72. The van der Waals surface area contributed by atoms with Crippen LogP contribution >= 0.6 is 0 Å². The monoisotopic (exact) mass is 613 g/mol. The van der Waals surface area contributed by atoms with E-state index in [0.717, 1.165) is 5.56 Å². The van der Waals surface area contributed by atoms with Gasteiger partial charge < -0.3 is 25.8 Å². The molecule has 5 atom stereocenters. The van der Waals surface area contributed by atoms with E-state index in [4.69, 9.17) is 0 Å². The van der Waals surface area contributed by atoms with Crippen LogP contribution in [0.15, 0.2) is 30.3 Å². The highest BCUT2D eigenvalue weighted by Gasteiger charge is 2.40. The van der Waals surface area contributed by atoms with E-state index in [-0.39, 0.29) is 36.0 Å². The summed E-state index contributed by atoms with van der Waals surface area (Å²) in [7, 11) is 3.17. The summed E-state index contributed by atoms with van der Waals surface area (Å²) in [5.41, 5.74) is 0.845. The molecule has 5 amide bonds. The van der Waals surface area contributed by atoms with Crippen molar-refractivity contribution in [3.05, 3.63) is 35.9 Å². The Kier molecular flexibility index (Phi) is 13.9. The van der Waals surface area contributed by atoms with Gasteiger partial charge in [0.05, 0.1) is 0 Å². The van der Waals surface area contributed by atoms with Gasteiger partial charge in [-0.1, -0.05) is 85.7 Å². The van der Waals surface area contributed by atoms with Crippen LogP contribution < -0.4 is 16.0 Å². The highest BCUT2D eigenvalue weighted by atomic mass is 16.2. The van der Waals surface area contributed by atoms with Gasteiger partial charge in [-0.2, -0.15) is 0 Å². The molecule has 1 fully saturated rings. The lowest BCUT2D eigenvalue weighted by Crippen LogP contribution is -2.59. The quantitative estimate of drug-likeness (QED) is 0.394. The van der Waals surface area contributed by atoms with Crippen LogP contribution in [0.4, 0.5) is 0 Å². The van der Waals surface area contributed by atoms with Crippen LogP contribution in [0.3, 0.4) is 0 Å². The predicted octanol–water partition coefficient (Wildman–Crippen LogP) is 3.15. The van der Waals surface area contributed by atoms with Gasteiger partial charge in [0.2, 0.25) is 29.5 Å². The molecule has 1 aliphatic heterocycles. The number of likely N-dealkylation sites (N-methyl/N-ethyl adjacent to an activating group) is 2. The molecule has 0 unspecified atom stereocenters. The van der Waals surface area contributed by atoms with Gasteiger partial charge in [-0.15, -0.1) is 0 Å². The first kappa shape index (κ1) is 36.8. The number of rotatable bonds is 9. The second-order valence-corrected chi connectivity index (χ2v) is 13.9. The van der Waals surface area contributed by atoms with Crippen LogP contribution in [-0.4, -0.2) is 83.6 Å². The largest absolute Gasteiger partial charge is 0.343 e. The van der Waals surface area contributed by atoms with Gasteiger partial charge in [0, 0.05) is 20.5 Å². The number of carbonyl (C=O) groups excluding carboxylic acids is 5. The van der Waals surface area contributed by atoms with Crippen molar-refractivity contribution in [3.63, 3.8) is 0 Å². The molecular weight excluding hydrogens is 558 g/mol. The van der Waals surface area contributed by atoms with Crippen molar-refractivity contribution >= 4 is 29.5 Å².